The first-order valence-electron chi connectivity index (χ1n) is 3.48. The van der Waals surface area contributed by atoms with E-state index in [1.54, 1.807) is 0 Å². The van der Waals surface area contributed by atoms with Gasteiger partial charge in [0.2, 0.25) is 0 Å². The Hall–Kier alpha value is -1.45. The largest absolute Gasteiger partial charge is 0.456 e. The number of rotatable bonds is 2. The Morgan fingerprint density at radius 2 is 1.69 bits per heavy atom. The van der Waals surface area contributed by atoms with Crippen molar-refractivity contribution < 1.29 is 17.9 Å². The minimum Gasteiger partial charge on any atom is -0.456 e. The Morgan fingerprint density at radius 3 is 2.08 bits per heavy atom. The van der Waals surface area contributed by atoms with Gasteiger partial charge in [0.15, 0.2) is 17.4 Å². The molecule has 1 aromatic carbocycles. The Kier molecular flexibility index (Phi) is 2.60. The molecule has 70 valence electrons. The fraction of sp³-hybridized carbons (Fsp3) is 0.111. The van der Waals surface area contributed by atoms with Crippen LogP contribution in [0.25, 0.3) is 0 Å². The van der Waals surface area contributed by atoms with Crippen molar-refractivity contribution in [3.63, 3.8) is 0 Å². The van der Waals surface area contributed by atoms with E-state index in [0.717, 1.165) is 0 Å². The molecule has 1 nitrogen and oxygen atoms in total. The summed E-state index contributed by atoms with van der Waals surface area (Å²) < 4.78 is 42.7. The third-order valence-electron chi connectivity index (χ3n) is 1.24. The molecule has 0 unspecified atom stereocenters. The van der Waals surface area contributed by atoms with Crippen LogP contribution in [0.5, 0.6) is 5.75 Å². The standard InChI is InChI=1S/C9H7F3O/c1-5(2)13-9-7(11)3-6(10)4-8(9)12/h3-4H,1H2,2H3. The van der Waals surface area contributed by atoms with Crippen LogP contribution in [0, 0.1) is 17.5 Å². The highest BCUT2D eigenvalue weighted by atomic mass is 19.1. The normalized spacial score (nSPS) is 9.85. The molecule has 4 heteroatoms. The summed E-state index contributed by atoms with van der Waals surface area (Å²) in [4.78, 5) is 0. The summed E-state index contributed by atoms with van der Waals surface area (Å²) >= 11 is 0. The SMILES string of the molecule is C=C(C)Oc1c(F)cc(F)cc1F. The summed E-state index contributed by atoms with van der Waals surface area (Å²) in [5, 5.41) is 0. The van der Waals surface area contributed by atoms with Crippen molar-refractivity contribution in [1.29, 1.82) is 0 Å². The van der Waals surface area contributed by atoms with Gasteiger partial charge in [0.05, 0.1) is 5.76 Å². The van der Waals surface area contributed by atoms with Crippen LogP contribution in [0.3, 0.4) is 0 Å². The molecule has 0 radical (unpaired) electrons. The van der Waals surface area contributed by atoms with Gasteiger partial charge < -0.3 is 4.74 Å². The van der Waals surface area contributed by atoms with Crippen molar-refractivity contribution in [3.8, 4) is 5.75 Å². The monoisotopic (exact) mass is 188 g/mol. The van der Waals surface area contributed by atoms with E-state index in [4.69, 9.17) is 0 Å². The summed E-state index contributed by atoms with van der Waals surface area (Å²) in [6.07, 6.45) is 0. The van der Waals surface area contributed by atoms with Crippen molar-refractivity contribution in [2.45, 2.75) is 6.92 Å². The second-order valence-corrected chi connectivity index (χ2v) is 2.50. The van der Waals surface area contributed by atoms with Crippen LogP contribution in [0.15, 0.2) is 24.5 Å². The van der Waals surface area contributed by atoms with Crippen LogP contribution in [0.2, 0.25) is 0 Å². The van der Waals surface area contributed by atoms with Gasteiger partial charge in [-0.2, -0.15) is 0 Å². The highest BCUT2D eigenvalue weighted by Crippen LogP contribution is 2.23. The van der Waals surface area contributed by atoms with E-state index < -0.39 is 23.2 Å². The lowest BCUT2D eigenvalue weighted by molar-refractivity contribution is 0.368. The summed E-state index contributed by atoms with van der Waals surface area (Å²) in [6, 6.07) is 1.09. The summed E-state index contributed by atoms with van der Waals surface area (Å²) in [7, 11) is 0. The van der Waals surface area contributed by atoms with Crippen LogP contribution in [0.4, 0.5) is 13.2 Å². The fourth-order valence-corrected chi connectivity index (χ4v) is 0.801. The van der Waals surface area contributed by atoms with Crippen molar-refractivity contribution in [2.24, 2.45) is 0 Å². The molecule has 0 aliphatic rings. The Bertz CT molecular complexity index is 324. The molecular formula is C9H7F3O. The molecule has 0 fully saturated rings. The lowest BCUT2D eigenvalue weighted by Crippen LogP contribution is -1.96. The first-order chi connectivity index (χ1) is 6.00. The van der Waals surface area contributed by atoms with Crippen LogP contribution >= 0.6 is 0 Å². The molecule has 13 heavy (non-hydrogen) atoms. The number of ether oxygens (including phenoxy) is 1. The Morgan fingerprint density at radius 1 is 1.23 bits per heavy atom. The van der Waals surface area contributed by atoms with Crippen molar-refractivity contribution in [1.82, 2.24) is 0 Å². The molecule has 0 bridgehead atoms. The molecule has 0 N–H and O–H groups in total. The van der Waals surface area contributed by atoms with Gasteiger partial charge in [0.1, 0.15) is 5.82 Å². The molecule has 0 saturated carbocycles. The smallest absolute Gasteiger partial charge is 0.198 e. The topological polar surface area (TPSA) is 9.23 Å². The van der Waals surface area contributed by atoms with E-state index in [-0.39, 0.29) is 5.76 Å². The molecule has 0 heterocycles. The third-order valence-corrected chi connectivity index (χ3v) is 1.24. The quantitative estimate of drug-likeness (QED) is 0.648. The minimum atomic E-state index is -1.08. The number of allylic oxidation sites excluding steroid dienone is 1. The molecule has 0 amide bonds. The summed E-state index contributed by atoms with van der Waals surface area (Å²) in [5.74, 6) is -3.65. The molecule has 0 spiro atoms. The van der Waals surface area contributed by atoms with Crippen molar-refractivity contribution in [3.05, 3.63) is 41.9 Å². The van der Waals surface area contributed by atoms with Crippen LogP contribution in [0.1, 0.15) is 6.92 Å². The average Bonchev–Trinajstić information content (AvgIpc) is 1.96. The van der Waals surface area contributed by atoms with E-state index in [1.165, 1.54) is 6.92 Å². The molecule has 1 aromatic rings. The van der Waals surface area contributed by atoms with Gasteiger partial charge >= 0.3 is 0 Å². The van der Waals surface area contributed by atoms with Gasteiger partial charge in [-0.25, -0.2) is 13.2 Å². The van der Waals surface area contributed by atoms with Gasteiger partial charge in [-0.15, -0.1) is 0 Å². The van der Waals surface area contributed by atoms with E-state index in [2.05, 4.69) is 11.3 Å². The Labute approximate surface area is 73.4 Å². The fourth-order valence-electron chi connectivity index (χ4n) is 0.801. The predicted molar refractivity (Wildman–Crippen MR) is 41.8 cm³/mol. The minimum absolute atomic E-state index is 0.129. The van der Waals surface area contributed by atoms with Gasteiger partial charge in [0, 0.05) is 12.1 Å². The number of halogens is 3. The third kappa shape index (κ3) is 2.24. The first kappa shape index (κ1) is 9.64. The van der Waals surface area contributed by atoms with E-state index in [0.29, 0.717) is 12.1 Å². The molecular weight excluding hydrogens is 181 g/mol. The van der Waals surface area contributed by atoms with E-state index >= 15 is 0 Å². The lowest BCUT2D eigenvalue weighted by atomic mass is 10.3. The molecule has 0 aromatic heterocycles. The zero-order valence-corrected chi connectivity index (χ0v) is 6.90. The maximum absolute atomic E-state index is 12.8. The molecule has 1 rings (SSSR count). The lowest BCUT2D eigenvalue weighted by Gasteiger charge is -2.06. The second kappa shape index (κ2) is 3.51. The summed E-state index contributed by atoms with van der Waals surface area (Å²) in [5.41, 5.74) is 0. The van der Waals surface area contributed by atoms with Crippen LogP contribution < -0.4 is 4.74 Å². The van der Waals surface area contributed by atoms with Gasteiger partial charge in [-0.1, -0.05) is 6.58 Å². The van der Waals surface area contributed by atoms with Crippen LogP contribution in [-0.4, -0.2) is 0 Å². The zero-order valence-electron chi connectivity index (χ0n) is 6.90. The van der Waals surface area contributed by atoms with Gasteiger partial charge in [0.25, 0.3) is 0 Å². The zero-order chi connectivity index (χ0) is 10.0. The second-order valence-electron chi connectivity index (χ2n) is 2.50. The highest BCUT2D eigenvalue weighted by Gasteiger charge is 2.12. The average molecular weight is 188 g/mol. The van der Waals surface area contributed by atoms with Crippen molar-refractivity contribution in [2.75, 3.05) is 0 Å². The molecule has 0 aliphatic carbocycles. The number of hydrogen-bond donors (Lipinski definition) is 0. The van der Waals surface area contributed by atoms with Gasteiger partial charge in [-0.3, -0.25) is 0 Å². The maximum Gasteiger partial charge on any atom is 0.198 e. The van der Waals surface area contributed by atoms with Gasteiger partial charge in [-0.05, 0) is 6.92 Å². The molecule has 0 saturated heterocycles. The Balaban J connectivity index is 3.13. The summed E-state index contributed by atoms with van der Waals surface area (Å²) in [6.45, 7) is 4.74. The van der Waals surface area contributed by atoms with E-state index in [1.807, 2.05) is 0 Å². The van der Waals surface area contributed by atoms with E-state index in [9.17, 15) is 13.2 Å². The maximum atomic E-state index is 12.8. The van der Waals surface area contributed by atoms with Crippen molar-refractivity contribution >= 4 is 0 Å². The molecule has 0 aliphatic heterocycles. The van der Waals surface area contributed by atoms with Crippen LogP contribution in [-0.2, 0) is 0 Å². The number of benzene rings is 1. The number of hydrogen-bond acceptors (Lipinski definition) is 1. The first-order valence-corrected chi connectivity index (χ1v) is 3.48. The predicted octanol–water partition coefficient (Wildman–Crippen LogP) is 3.02. The molecule has 0 atom stereocenters. The highest BCUT2D eigenvalue weighted by molar-refractivity contribution is 5.28.